The molecule has 0 fully saturated rings. The average molecular weight is 263 g/mol. The standard InChI is InChI=1S/C16H13N3O/c1-12-18-15-10-6-5-9-14(15)16(20)19(12)17-11-13-7-3-2-4-8-13/h2-11H,1H3. The SMILES string of the molecule is Cc1nc2ccccc2c(=O)n1N=Cc1ccccc1. The summed E-state index contributed by atoms with van der Waals surface area (Å²) in [6, 6.07) is 16.9. The van der Waals surface area contributed by atoms with Gasteiger partial charge in [-0.25, -0.2) is 4.98 Å². The van der Waals surface area contributed by atoms with Crippen LogP contribution < -0.4 is 5.56 Å². The number of hydrogen-bond donors (Lipinski definition) is 0. The van der Waals surface area contributed by atoms with Crippen molar-refractivity contribution in [2.75, 3.05) is 0 Å². The molecular formula is C16H13N3O. The van der Waals surface area contributed by atoms with Gasteiger partial charge in [0.1, 0.15) is 5.82 Å². The topological polar surface area (TPSA) is 47.2 Å². The van der Waals surface area contributed by atoms with Gasteiger partial charge < -0.3 is 0 Å². The first-order valence-corrected chi connectivity index (χ1v) is 6.33. The number of rotatable bonds is 2. The van der Waals surface area contributed by atoms with E-state index in [1.807, 2.05) is 48.5 Å². The molecule has 0 spiro atoms. The van der Waals surface area contributed by atoms with Crippen LogP contribution in [0.15, 0.2) is 64.5 Å². The normalized spacial score (nSPS) is 11.2. The van der Waals surface area contributed by atoms with Crippen molar-refractivity contribution >= 4 is 17.1 Å². The van der Waals surface area contributed by atoms with Crippen molar-refractivity contribution in [2.24, 2.45) is 5.10 Å². The molecule has 0 unspecified atom stereocenters. The van der Waals surface area contributed by atoms with Crippen molar-refractivity contribution in [3.63, 3.8) is 0 Å². The van der Waals surface area contributed by atoms with Gasteiger partial charge in [0.15, 0.2) is 0 Å². The summed E-state index contributed by atoms with van der Waals surface area (Å²) in [5, 5.41) is 4.81. The van der Waals surface area contributed by atoms with Crippen molar-refractivity contribution in [1.82, 2.24) is 9.66 Å². The summed E-state index contributed by atoms with van der Waals surface area (Å²) in [6.45, 7) is 1.77. The number of hydrogen-bond acceptors (Lipinski definition) is 3. The van der Waals surface area contributed by atoms with E-state index in [4.69, 9.17) is 0 Å². The van der Waals surface area contributed by atoms with E-state index in [2.05, 4.69) is 10.1 Å². The lowest BCUT2D eigenvalue weighted by atomic mass is 10.2. The van der Waals surface area contributed by atoms with Gasteiger partial charge in [0.05, 0.1) is 17.1 Å². The summed E-state index contributed by atoms with van der Waals surface area (Å²) >= 11 is 0. The molecule has 0 radical (unpaired) electrons. The fourth-order valence-electron chi connectivity index (χ4n) is 2.03. The van der Waals surface area contributed by atoms with E-state index < -0.39 is 0 Å². The molecule has 0 saturated heterocycles. The molecule has 3 rings (SSSR count). The molecule has 20 heavy (non-hydrogen) atoms. The van der Waals surface area contributed by atoms with E-state index in [9.17, 15) is 4.79 Å². The van der Waals surface area contributed by atoms with E-state index in [1.165, 1.54) is 4.68 Å². The van der Waals surface area contributed by atoms with Gasteiger partial charge >= 0.3 is 0 Å². The Balaban J connectivity index is 2.13. The fourth-order valence-corrected chi connectivity index (χ4v) is 2.03. The zero-order chi connectivity index (χ0) is 13.9. The number of aryl methyl sites for hydroxylation is 1. The third kappa shape index (κ3) is 2.23. The molecule has 1 aromatic heterocycles. The third-order valence-corrected chi connectivity index (χ3v) is 3.04. The van der Waals surface area contributed by atoms with Gasteiger partial charge in [-0.05, 0) is 24.6 Å². The highest BCUT2D eigenvalue weighted by Crippen LogP contribution is 2.07. The molecule has 4 nitrogen and oxygen atoms in total. The van der Waals surface area contributed by atoms with Gasteiger partial charge in [-0.2, -0.15) is 9.78 Å². The smallest absolute Gasteiger partial charge is 0.267 e. The molecule has 1 heterocycles. The van der Waals surface area contributed by atoms with Crippen molar-refractivity contribution < 1.29 is 0 Å². The van der Waals surface area contributed by atoms with Crippen LogP contribution >= 0.6 is 0 Å². The van der Waals surface area contributed by atoms with Crippen LogP contribution in [-0.2, 0) is 0 Å². The van der Waals surface area contributed by atoms with Crippen LogP contribution in [-0.4, -0.2) is 15.9 Å². The van der Waals surface area contributed by atoms with Crippen LogP contribution in [0.3, 0.4) is 0 Å². The van der Waals surface area contributed by atoms with Crippen molar-refractivity contribution in [1.29, 1.82) is 0 Å². The monoisotopic (exact) mass is 263 g/mol. The first kappa shape index (κ1) is 12.3. The van der Waals surface area contributed by atoms with Crippen LogP contribution in [0.4, 0.5) is 0 Å². The number of para-hydroxylation sites is 1. The summed E-state index contributed by atoms with van der Waals surface area (Å²) in [5.74, 6) is 0.570. The quantitative estimate of drug-likeness (QED) is 0.667. The molecule has 4 heteroatoms. The zero-order valence-corrected chi connectivity index (χ0v) is 11.0. The molecule has 0 aliphatic rings. The summed E-state index contributed by atoms with van der Waals surface area (Å²) < 4.78 is 1.33. The largest absolute Gasteiger partial charge is 0.282 e. The first-order valence-electron chi connectivity index (χ1n) is 6.33. The lowest BCUT2D eigenvalue weighted by molar-refractivity contribution is 0.771. The Bertz CT molecular complexity index is 835. The van der Waals surface area contributed by atoms with E-state index in [0.29, 0.717) is 16.7 Å². The molecule has 0 N–H and O–H groups in total. The number of aromatic nitrogens is 2. The second-order valence-electron chi connectivity index (χ2n) is 4.45. The maximum atomic E-state index is 12.4. The van der Waals surface area contributed by atoms with E-state index in [0.717, 1.165) is 5.56 Å². The van der Waals surface area contributed by atoms with Crippen LogP contribution in [0.2, 0.25) is 0 Å². The lowest BCUT2D eigenvalue weighted by Crippen LogP contribution is -2.20. The second kappa shape index (κ2) is 5.09. The molecular weight excluding hydrogens is 250 g/mol. The molecule has 0 aliphatic carbocycles. The van der Waals surface area contributed by atoms with Gasteiger partial charge in [-0.1, -0.05) is 42.5 Å². The Hall–Kier alpha value is -2.75. The minimum absolute atomic E-state index is 0.153. The van der Waals surface area contributed by atoms with Crippen LogP contribution in [0.5, 0.6) is 0 Å². The van der Waals surface area contributed by atoms with Crippen molar-refractivity contribution in [3.8, 4) is 0 Å². The lowest BCUT2D eigenvalue weighted by Gasteiger charge is -2.04. The Morgan fingerprint density at radius 2 is 1.75 bits per heavy atom. The molecule has 0 aliphatic heterocycles. The minimum Gasteiger partial charge on any atom is -0.267 e. The summed E-state index contributed by atoms with van der Waals surface area (Å²) in [7, 11) is 0. The molecule has 0 atom stereocenters. The highest BCUT2D eigenvalue weighted by Gasteiger charge is 2.05. The van der Waals surface area contributed by atoms with E-state index in [-0.39, 0.29) is 5.56 Å². The maximum Gasteiger partial charge on any atom is 0.282 e. The number of benzene rings is 2. The van der Waals surface area contributed by atoms with Crippen LogP contribution in [0.25, 0.3) is 10.9 Å². The van der Waals surface area contributed by atoms with Gasteiger partial charge in [-0.3, -0.25) is 4.79 Å². The van der Waals surface area contributed by atoms with Gasteiger partial charge in [-0.15, -0.1) is 0 Å². The predicted molar refractivity (Wildman–Crippen MR) is 80.2 cm³/mol. The number of nitrogens with zero attached hydrogens (tertiary/aromatic N) is 3. The number of fused-ring (bicyclic) bond motifs is 1. The Morgan fingerprint density at radius 1 is 1.05 bits per heavy atom. The van der Waals surface area contributed by atoms with Gasteiger partial charge in [0.2, 0.25) is 0 Å². The minimum atomic E-state index is -0.153. The molecule has 0 amide bonds. The molecule has 0 saturated carbocycles. The predicted octanol–water partition coefficient (Wildman–Crippen LogP) is 2.59. The Kier molecular flexibility index (Phi) is 3.13. The van der Waals surface area contributed by atoms with E-state index in [1.54, 1.807) is 19.2 Å². The highest BCUT2D eigenvalue weighted by molar-refractivity contribution is 5.80. The van der Waals surface area contributed by atoms with Gasteiger partial charge in [0, 0.05) is 0 Å². The Morgan fingerprint density at radius 3 is 2.55 bits per heavy atom. The molecule has 2 aromatic carbocycles. The summed E-state index contributed by atoms with van der Waals surface area (Å²) in [6.07, 6.45) is 1.66. The molecule has 3 aromatic rings. The Labute approximate surface area is 116 Å². The van der Waals surface area contributed by atoms with Gasteiger partial charge in [0.25, 0.3) is 5.56 Å². The fraction of sp³-hybridized carbons (Fsp3) is 0.0625. The zero-order valence-electron chi connectivity index (χ0n) is 11.0. The third-order valence-electron chi connectivity index (χ3n) is 3.04. The molecule has 0 bridgehead atoms. The molecule has 98 valence electrons. The van der Waals surface area contributed by atoms with E-state index >= 15 is 0 Å². The average Bonchev–Trinajstić information content (AvgIpc) is 2.48. The highest BCUT2D eigenvalue weighted by atomic mass is 16.1. The summed E-state index contributed by atoms with van der Waals surface area (Å²) in [4.78, 5) is 16.8. The summed E-state index contributed by atoms with van der Waals surface area (Å²) in [5.41, 5.74) is 1.48. The van der Waals surface area contributed by atoms with Crippen molar-refractivity contribution in [3.05, 3.63) is 76.3 Å². The maximum absolute atomic E-state index is 12.4. The first-order chi connectivity index (χ1) is 9.75. The van der Waals surface area contributed by atoms with Crippen LogP contribution in [0.1, 0.15) is 11.4 Å². The van der Waals surface area contributed by atoms with Crippen LogP contribution in [0, 0.1) is 6.92 Å². The second-order valence-corrected chi connectivity index (χ2v) is 4.45. The van der Waals surface area contributed by atoms with Crippen molar-refractivity contribution in [2.45, 2.75) is 6.92 Å².